The lowest BCUT2D eigenvalue weighted by molar-refractivity contribution is 0.112. The van der Waals surface area contributed by atoms with Crippen LogP contribution >= 0.6 is 22.9 Å². The lowest BCUT2D eigenvalue weighted by atomic mass is 10.1. The molecule has 0 N–H and O–H groups in total. The summed E-state index contributed by atoms with van der Waals surface area (Å²) in [5, 5.41) is 2.66. The Labute approximate surface area is 91.0 Å². The maximum atomic E-state index is 10.5. The maximum absolute atomic E-state index is 10.5. The number of hydrogen-bond acceptors (Lipinski definition) is 2. The summed E-state index contributed by atoms with van der Waals surface area (Å²) in [6.45, 7) is 0. The third-order valence-electron chi connectivity index (χ3n) is 1.89. The topological polar surface area (TPSA) is 17.1 Å². The predicted molar refractivity (Wildman–Crippen MR) is 60.2 cm³/mol. The van der Waals surface area contributed by atoms with Crippen LogP contribution in [0.25, 0.3) is 11.1 Å². The lowest BCUT2D eigenvalue weighted by Gasteiger charge is -1.96. The van der Waals surface area contributed by atoms with Crippen LogP contribution in [0.15, 0.2) is 35.7 Å². The average molecular weight is 223 g/mol. The SMILES string of the molecule is O=Cc1cc(-c2cccc(Cl)c2)cs1. The highest BCUT2D eigenvalue weighted by Crippen LogP contribution is 2.26. The van der Waals surface area contributed by atoms with Gasteiger partial charge in [0.2, 0.25) is 0 Å². The Morgan fingerprint density at radius 3 is 2.71 bits per heavy atom. The molecule has 0 saturated carbocycles. The molecule has 0 fully saturated rings. The summed E-state index contributed by atoms with van der Waals surface area (Å²) in [7, 11) is 0. The van der Waals surface area contributed by atoms with Gasteiger partial charge in [-0.15, -0.1) is 11.3 Å². The minimum Gasteiger partial charge on any atom is -0.297 e. The molecule has 3 heteroatoms. The van der Waals surface area contributed by atoms with Crippen LogP contribution in [0.2, 0.25) is 5.02 Å². The zero-order chi connectivity index (χ0) is 9.97. The van der Waals surface area contributed by atoms with E-state index in [2.05, 4.69) is 0 Å². The van der Waals surface area contributed by atoms with Crippen molar-refractivity contribution in [3.05, 3.63) is 45.6 Å². The molecule has 0 aliphatic carbocycles. The van der Waals surface area contributed by atoms with Crippen LogP contribution in [-0.2, 0) is 0 Å². The smallest absolute Gasteiger partial charge is 0.160 e. The quantitative estimate of drug-likeness (QED) is 0.705. The van der Waals surface area contributed by atoms with Crippen LogP contribution in [0.5, 0.6) is 0 Å². The first-order valence-electron chi connectivity index (χ1n) is 4.09. The predicted octanol–water partition coefficient (Wildman–Crippen LogP) is 3.88. The van der Waals surface area contributed by atoms with E-state index >= 15 is 0 Å². The first-order chi connectivity index (χ1) is 6.79. The van der Waals surface area contributed by atoms with Crippen molar-refractivity contribution in [2.75, 3.05) is 0 Å². The second-order valence-corrected chi connectivity index (χ2v) is 4.25. The second-order valence-electron chi connectivity index (χ2n) is 2.87. The van der Waals surface area contributed by atoms with E-state index in [0.717, 1.165) is 22.3 Å². The molecular formula is C11H7ClOS. The van der Waals surface area contributed by atoms with Crippen molar-refractivity contribution in [1.82, 2.24) is 0 Å². The molecule has 0 atom stereocenters. The largest absolute Gasteiger partial charge is 0.297 e. The number of carbonyl (C=O) groups excluding carboxylic acids is 1. The van der Waals surface area contributed by atoms with Crippen LogP contribution in [-0.4, -0.2) is 6.29 Å². The molecule has 0 unspecified atom stereocenters. The molecule has 1 aromatic heterocycles. The number of hydrogen-bond donors (Lipinski definition) is 0. The van der Waals surface area contributed by atoms with E-state index in [4.69, 9.17) is 11.6 Å². The van der Waals surface area contributed by atoms with Crippen LogP contribution in [0, 0.1) is 0 Å². The molecule has 1 heterocycles. The first-order valence-corrected chi connectivity index (χ1v) is 5.35. The number of aldehydes is 1. The van der Waals surface area contributed by atoms with Gasteiger partial charge in [-0.3, -0.25) is 4.79 Å². The van der Waals surface area contributed by atoms with Crippen LogP contribution in [0.3, 0.4) is 0 Å². The maximum Gasteiger partial charge on any atom is 0.160 e. The molecule has 0 amide bonds. The number of halogens is 1. The van der Waals surface area contributed by atoms with Gasteiger partial charge in [-0.25, -0.2) is 0 Å². The molecular weight excluding hydrogens is 216 g/mol. The number of rotatable bonds is 2. The van der Waals surface area contributed by atoms with E-state index < -0.39 is 0 Å². The van der Waals surface area contributed by atoms with E-state index in [1.54, 1.807) is 0 Å². The number of carbonyl (C=O) groups is 1. The van der Waals surface area contributed by atoms with Gasteiger partial charge in [0.1, 0.15) is 0 Å². The highest BCUT2D eigenvalue weighted by molar-refractivity contribution is 7.12. The van der Waals surface area contributed by atoms with Crippen molar-refractivity contribution in [1.29, 1.82) is 0 Å². The number of benzene rings is 1. The van der Waals surface area contributed by atoms with Crippen molar-refractivity contribution in [2.24, 2.45) is 0 Å². The summed E-state index contributed by atoms with van der Waals surface area (Å²) >= 11 is 7.31. The molecule has 1 aromatic carbocycles. The standard InChI is InChI=1S/C11H7ClOS/c12-10-3-1-2-8(4-10)9-5-11(6-13)14-7-9/h1-7H. The van der Waals surface area contributed by atoms with E-state index in [9.17, 15) is 4.79 Å². The Bertz CT molecular complexity index is 462. The van der Waals surface area contributed by atoms with Crippen molar-refractivity contribution in [3.63, 3.8) is 0 Å². The second kappa shape index (κ2) is 3.95. The Kier molecular flexibility index (Phi) is 2.66. The van der Waals surface area contributed by atoms with Crippen LogP contribution in [0.4, 0.5) is 0 Å². The summed E-state index contributed by atoms with van der Waals surface area (Å²) in [5.41, 5.74) is 2.08. The molecule has 70 valence electrons. The molecule has 0 saturated heterocycles. The molecule has 1 nitrogen and oxygen atoms in total. The fourth-order valence-corrected chi connectivity index (χ4v) is 2.14. The van der Waals surface area contributed by atoms with Gasteiger partial charge in [0, 0.05) is 5.02 Å². The molecule has 0 aliphatic heterocycles. The van der Waals surface area contributed by atoms with Crippen molar-refractivity contribution >= 4 is 29.2 Å². The van der Waals surface area contributed by atoms with Gasteiger partial charge in [-0.1, -0.05) is 23.7 Å². The van der Waals surface area contributed by atoms with Gasteiger partial charge in [0.25, 0.3) is 0 Å². The Morgan fingerprint density at radius 2 is 2.07 bits per heavy atom. The Balaban J connectivity index is 2.43. The molecule has 0 bridgehead atoms. The van der Waals surface area contributed by atoms with Crippen LogP contribution in [0.1, 0.15) is 9.67 Å². The zero-order valence-corrected chi connectivity index (χ0v) is 8.81. The Morgan fingerprint density at radius 1 is 1.21 bits per heavy atom. The van der Waals surface area contributed by atoms with Crippen LogP contribution < -0.4 is 0 Å². The summed E-state index contributed by atoms with van der Waals surface area (Å²) in [5.74, 6) is 0. The van der Waals surface area contributed by atoms with Gasteiger partial charge in [0.05, 0.1) is 4.88 Å². The van der Waals surface area contributed by atoms with E-state index in [0.29, 0.717) is 5.02 Å². The van der Waals surface area contributed by atoms with Crippen molar-refractivity contribution < 1.29 is 4.79 Å². The normalized spacial score (nSPS) is 10.1. The molecule has 14 heavy (non-hydrogen) atoms. The first kappa shape index (κ1) is 9.44. The lowest BCUT2D eigenvalue weighted by Crippen LogP contribution is -1.73. The van der Waals surface area contributed by atoms with Gasteiger partial charge < -0.3 is 0 Å². The monoisotopic (exact) mass is 222 g/mol. The zero-order valence-electron chi connectivity index (χ0n) is 7.24. The Hall–Kier alpha value is -1.12. The summed E-state index contributed by atoms with van der Waals surface area (Å²) in [6.07, 6.45) is 0.860. The summed E-state index contributed by atoms with van der Waals surface area (Å²) in [6, 6.07) is 9.46. The molecule has 0 spiro atoms. The molecule has 0 aliphatic rings. The van der Waals surface area contributed by atoms with E-state index in [1.807, 2.05) is 35.7 Å². The fraction of sp³-hybridized carbons (Fsp3) is 0. The molecule has 2 aromatic rings. The van der Waals surface area contributed by atoms with Gasteiger partial charge in [-0.05, 0) is 34.7 Å². The summed E-state index contributed by atoms with van der Waals surface area (Å²) < 4.78 is 0. The fourth-order valence-electron chi connectivity index (χ4n) is 1.23. The highest BCUT2D eigenvalue weighted by atomic mass is 35.5. The minimum atomic E-state index is 0.710. The minimum absolute atomic E-state index is 0.710. The third kappa shape index (κ3) is 1.86. The summed E-state index contributed by atoms with van der Waals surface area (Å²) in [4.78, 5) is 11.2. The molecule has 0 radical (unpaired) electrons. The third-order valence-corrected chi connectivity index (χ3v) is 2.99. The van der Waals surface area contributed by atoms with Crippen molar-refractivity contribution in [3.8, 4) is 11.1 Å². The van der Waals surface area contributed by atoms with E-state index in [-0.39, 0.29) is 0 Å². The van der Waals surface area contributed by atoms with Gasteiger partial charge in [0.15, 0.2) is 6.29 Å². The highest BCUT2D eigenvalue weighted by Gasteiger charge is 2.01. The average Bonchev–Trinajstić information content (AvgIpc) is 2.66. The van der Waals surface area contributed by atoms with Crippen molar-refractivity contribution in [2.45, 2.75) is 0 Å². The number of thiophene rings is 1. The van der Waals surface area contributed by atoms with Gasteiger partial charge >= 0.3 is 0 Å². The van der Waals surface area contributed by atoms with E-state index in [1.165, 1.54) is 11.3 Å². The molecule has 2 rings (SSSR count). The van der Waals surface area contributed by atoms with Gasteiger partial charge in [-0.2, -0.15) is 0 Å².